The summed E-state index contributed by atoms with van der Waals surface area (Å²) >= 11 is 0. The molecule has 0 aliphatic rings. The summed E-state index contributed by atoms with van der Waals surface area (Å²) in [5.41, 5.74) is 3.56. The maximum Gasteiger partial charge on any atom is 0.119 e. The zero-order chi connectivity index (χ0) is 17.7. The normalized spacial score (nSPS) is 11.1. The zero-order valence-corrected chi connectivity index (χ0v) is 14.6. The van der Waals surface area contributed by atoms with Crippen molar-refractivity contribution in [2.75, 3.05) is 39.7 Å². The van der Waals surface area contributed by atoms with Crippen molar-refractivity contribution in [3.05, 3.63) is 65.2 Å². The summed E-state index contributed by atoms with van der Waals surface area (Å²) in [6, 6.07) is 16.3. The quantitative estimate of drug-likeness (QED) is 0.442. The van der Waals surface area contributed by atoms with Crippen molar-refractivity contribution in [3.8, 4) is 5.75 Å². The van der Waals surface area contributed by atoms with Crippen LogP contribution in [-0.2, 0) is 9.47 Å². The molecule has 4 heteroatoms. The number of hydrogen-bond acceptors (Lipinski definition) is 3. The lowest BCUT2D eigenvalue weighted by Gasteiger charge is -2.07. The number of rotatable bonds is 11. The monoisotopic (exact) mass is 344 g/mol. The van der Waals surface area contributed by atoms with Crippen LogP contribution in [0, 0.1) is 6.92 Å². The fourth-order valence-electron chi connectivity index (χ4n) is 2.14. The van der Waals surface area contributed by atoms with E-state index in [0.29, 0.717) is 26.4 Å². The first-order valence-corrected chi connectivity index (χ1v) is 8.47. The lowest BCUT2D eigenvalue weighted by atomic mass is 10.1. The molecule has 0 bridgehead atoms. The van der Waals surface area contributed by atoms with E-state index in [2.05, 4.69) is 43.3 Å². The van der Waals surface area contributed by atoms with Gasteiger partial charge in [-0.3, -0.25) is 0 Å². The van der Waals surface area contributed by atoms with Gasteiger partial charge in [0.1, 0.15) is 19.0 Å². The second-order valence-corrected chi connectivity index (χ2v) is 5.58. The van der Waals surface area contributed by atoms with Gasteiger partial charge in [0.15, 0.2) is 0 Å². The van der Waals surface area contributed by atoms with E-state index in [1.807, 2.05) is 24.3 Å². The summed E-state index contributed by atoms with van der Waals surface area (Å²) in [6.07, 6.45) is 4.17. The summed E-state index contributed by atoms with van der Waals surface area (Å²) in [7, 11) is 0. The van der Waals surface area contributed by atoms with E-state index in [1.54, 1.807) is 0 Å². The molecule has 0 aliphatic carbocycles. The van der Waals surface area contributed by atoms with Crippen LogP contribution in [0.25, 0.3) is 12.2 Å². The van der Waals surface area contributed by atoms with E-state index in [-0.39, 0.29) is 6.61 Å². The number of aryl methyl sites for hydroxylation is 1. The number of hydrogen-bond donors (Lipinski definition) is 0. The summed E-state index contributed by atoms with van der Waals surface area (Å²) < 4.78 is 27.7. The smallest absolute Gasteiger partial charge is 0.119 e. The maximum absolute atomic E-state index is 11.8. The average Bonchev–Trinajstić information content (AvgIpc) is 2.64. The van der Waals surface area contributed by atoms with Crippen LogP contribution in [0.3, 0.4) is 0 Å². The van der Waals surface area contributed by atoms with Crippen LogP contribution in [0.15, 0.2) is 48.5 Å². The molecule has 0 fully saturated rings. The van der Waals surface area contributed by atoms with Crippen LogP contribution in [-0.4, -0.2) is 39.7 Å². The second-order valence-electron chi connectivity index (χ2n) is 5.58. The van der Waals surface area contributed by atoms with Gasteiger partial charge in [-0.1, -0.05) is 54.1 Å². The maximum atomic E-state index is 11.8. The molecule has 2 aromatic carbocycles. The highest BCUT2D eigenvalue weighted by Crippen LogP contribution is 2.15. The van der Waals surface area contributed by atoms with Gasteiger partial charge < -0.3 is 14.2 Å². The Labute approximate surface area is 149 Å². The Bertz CT molecular complexity index is 621. The van der Waals surface area contributed by atoms with Crippen LogP contribution in [0.2, 0.25) is 0 Å². The fraction of sp³-hybridized carbons (Fsp3) is 0.333. The molecule has 2 aromatic rings. The van der Waals surface area contributed by atoms with Crippen molar-refractivity contribution < 1.29 is 18.6 Å². The number of benzene rings is 2. The molecule has 0 aliphatic heterocycles. The Hall–Kier alpha value is -2.17. The molecule has 0 saturated heterocycles. The first-order chi connectivity index (χ1) is 12.3. The molecule has 0 heterocycles. The molecule has 0 amide bonds. The van der Waals surface area contributed by atoms with Crippen molar-refractivity contribution in [2.24, 2.45) is 0 Å². The number of halogens is 1. The standard InChI is InChI=1S/C21H25FO3/c1-18-2-4-19(5-3-18)6-7-20-8-10-21(11-9-20)25-17-16-24-15-14-23-13-12-22/h2-11H,12-17H2,1H3/b7-6+. The van der Waals surface area contributed by atoms with Crippen LogP contribution in [0.1, 0.15) is 16.7 Å². The van der Waals surface area contributed by atoms with E-state index >= 15 is 0 Å². The highest BCUT2D eigenvalue weighted by atomic mass is 19.1. The topological polar surface area (TPSA) is 27.7 Å². The van der Waals surface area contributed by atoms with Gasteiger partial charge in [0.25, 0.3) is 0 Å². The minimum absolute atomic E-state index is 0.130. The Kier molecular flexibility index (Phi) is 8.73. The fourth-order valence-corrected chi connectivity index (χ4v) is 2.14. The minimum atomic E-state index is -0.459. The highest BCUT2D eigenvalue weighted by Gasteiger charge is 1.95. The first kappa shape index (κ1) is 19.2. The van der Waals surface area contributed by atoms with Gasteiger partial charge in [0.2, 0.25) is 0 Å². The van der Waals surface area contributed by atoms with Crippen molar-refractivity contribution in [1.29, 1.82) is 0 Å². The van der Waals surface area contributed by atoms with Gasteiger partial charge >= 0.3 is 0 Å². The van der Waals surface area contributed by atoms with Gasteiger partial charge in [-0.05, 0) is 30.2 Å². The summed E-state index contributed by atoms with van der Waals surface area (Å²) in [4.78, 5) is 0. The Morgan fingerprint density at radius 1 is 0.720 bits per heavy atom. The highest BCUT2D eigenvalue weighted by molar-refractivity contribution is 5.69. The van der Waals surface area contributed by atoms with E-state index < -0.39 is 6.67 Å². The van der Waals surface area contributed by atoms with E-state index in [4.69, 9.17) is 14.2 Å². The third-order valence-corrected chi connectivity index (χ3v) is 3.52. The Balaban J connectivity index is 1.66. The van der Waals surface area contributed by atoms with Gasteiger partial charge in [0, 0.05) is 0 Å². The van der Waals surface area contributed by atoms with Gasteiger partial charge in [-0.15, -0.1) is 0 Å². The first-order valence-electron chi connectivity index (χ1n) is 8.47. The van der Waals surface area contributed by atoms with Crippen LogP contribution in [0.5, 0.6) is 5.75 Å². The molecular formula is C21H25FO3. The Morgan fingerprint density at radius 3 is 1.84 bits per heavy atom. The molecule has 0 spiro atoms. The number of alkyl halides is 1. The lowest BCUT2D eigenvalue weighted by molar-refractivity contribution is 0.0325. The summed E-state index contributed by atoms with van der Waals surface area (Å²) in [5, 5.41) is 0. The minimum Gasteiger partial charge on any atom is -0.491 e. The molecular weight excluding hydrogens is 319 g/mol. The Morgan fingerprint density at radius 2 is 1.24 bits per heavy atom. The molecule has 3 nitrogen and oxygen atoms in total. The predicted octanol–water partition coefficient (Wildman–Crippen LogP) is 4.55. The largest absolute Gasteiger partial charge is 0.491 e. The molecule has 0 aromatic heterocycles. The van der Waals surface area contributed by atoms with Crippen molar-refractivity contribution in [2.45, 2.75) is 6.92 Å². The summed E-state index contributed by atoms with van der Waals surface area (Å²) in [6.45, 7) is 3.56. The van der Waals surface area contributed by atoms with Crippen molar-refractivity contribution in [3.63, 3.8) is 0 Å². The molecule has 0 N–H and O–H groups in total. The predicted molar refractivity (Wildman–Crippen MR) is 99.7 cm³/mol. The molecule has 25 heavy (non-hydrogen) atoms. The third-order valence-electron chi connectivity index (χ3n) is 3.52. The third kappa shape index (κ3) is 7.96. The van der Waals surface area contributed by atoms with Crippen LogP contribution >= 0.6 is 0 Å². The van der Waals surface area contributed by atoms with Gasteiger partial charge in [-0.25, -0.2) is 4.39 Å². The molecule has 0 atom stereocenters. The van der Waals surface area contributed by atoms with Crippen LogP contribution in [0.4, 0.5) is 4.39 Å². The molecule has 0 saturated carbocycles. The van der Waals surface area contributed by atoms with Gasteiger partial charge in [0.05, 0.1) is 26.4 Å². The van der Waals surface area contributed by atoms with Crippen molar-refractivity contribution in [1.82, 2.24) is 0 Å². The average molecular weight is 344 g/mol. The summed E-state index contributed by atoms with van der Waals surface area (Å²) in [5.74, 6) is 0.810. The second kappa shape index (κ2) is 11.4. The van der Waals surface area contributed by atoms with E-state index in [0.717, 1.165) is 11.3 Å². The van der Waals surface area contributed by atoms with Gasteiger partial charge in [-0.2, -0.15) is 0 Å². The van der Waals surface area contributed by atoms with Crippen molar-refractivity contribution >= 4 is 12.2 Å². The molecule has 0 radical (unpaired) electrons. The number of ether oxygens (including phenoxy) is 3. The molecule has 134 valence electrons. The molecule has 0 unspecified atom stereocenters. The lowest BCUT2D eigenvalue weighted by Crippen LogP contribution is -2.11. The van der Waals surface area contributed by atoms with E-state index in [1.165, 1.54) is 11.1 Å². The van der Waals surface area contributed by atoms with E-state index in [9.17, 15) is 4.39 Å². The zero-order valence-electron chi connectivity index (χ0n) is 14.6. The molecule has 2 rings (SSSR count). The SMILES string of the molecule is Cc1ccc(/C=C/c2ccc(OCCOCCOCCF)cc2)cc1. The van der Waals surface area contributed by atoms with Crippen LogP contribution < -0.4 is 4.74 Å².